The number of benzene rings is 2. The number of amides is 2. The quantitative estimate of drug-likeness (QED) is 0.313. The van der Waals surface area contributed by atoms with E-state index in [2.05, 4.69) is 41.3 Å². The molecule has 2 amide bonds. The van der Waals surface area contributed by atoms with Crippen LogP contribution in [-0.2, 0) is 11.3 Å². The summed E-state index contributed by atoms with van der Waals surface area (Å²) in [6.07, 6.45) is 1.74. The molecule has 34 heavy (non-hydrogen) atoms. The maximum atomic E-state index is 12.7. The van der Waals surface area contributed by atoms with Crippen LogP contribution in [0.4, 0.5) is 5.69 Å². The Morgan fingerprint density at radius 2 is 1.79 bits per heavy atom. The number of hydrogen-bond acceptors (Lipinski definition) is 5. The predicted molar refractivity (Wildman–Crippen MR) is 137 cm³/mol. The molecule has 7 nitrogen and oxygen atoms in total. The van der Waals surface area contributed by atoms with Gasteiger partial charge in [0.05, 0.1) is 11.8 Å². The molecule has 2 N–H and O–H groups in total. The van der Waals surface area contributed by atoms with Gasteiger partial charge in [0.1, 0.15) is 0 Å². The molecule has 0 spiro atoms. The molecule has 1 unspecified atom stereocenters. The largest absolute Gasteiger partial charge is 0.342 e. The van der Waals surface area contributed by atoms with E-state index in [9.17, 15) is 9.59 Å². The zero-order chi connectivity index (χ0) is 24.7. The molecule has 178 valence electrons. The van der Waals surface area contributed by atoms with E-state index in [-0.39, 0.29) is 23.6 Å². The van der Waals surface area contributed by atoms with Gasteiger partial charge in [-0.3, -0.25) is 9.59 Å². The average Bonchev–Trinajstić information content (AvgIpc) is 3.21. The van der Waals surface area contributed by atoms with Crippen LogP contribution in [0.2, 0.25) is 0 Å². The maximum Gasteiger partial charge on any atom is 0.252 e. The summed E-state index contributed by atoms with van der Waals surface area (Å²) >= 11 is 1.30. The highest BCUT2D eigenvalue weighted by molar-refractivity contribution is 7.99. The van der Waals surface area contributed by atoms with Crippen LogP contribution in [-0.4, -0.2) is 32.3 Å². The summed E-state index contributed by atoms with van der Waals surface area (Å²) in [6.45, 7) is 12.3. The Bertz CT molecular complexity index is 1150. The van der Waals surface area contributed by atoms with Gasteiger partial charge in [-0.05, 0) is 49.1 Å². The smallest absolute Gasteiger partial charge is 0.252 e. The van der Waals surface area contributed by atoms with E-state index in [0.717, 1.165) is 11.3 Å². The number of carbonyl (C=O) groups is 2. The van der Waals surface area contributed by atoms with Gasteiger partial charge in [0.15, 0.2) is 11.0 Å². The highest BCUT2D eigenvalue weighted by Crippen LogP contribution is 2.22. The van der Waals surface area contributed by atoms with Crippen molar-refractivity contribution in [2.75, 3.05) is 11.1 Å². The van der Waals surface area contributed by atoms with Gasteiger partial charge < -0.3 is 15.2 Å². The Kier molecular flexibility index (Phi) is 8.65. The van der Waals surface area contributed by atoms with E-state index < -0.39 is 0 Å². The number of hydrogen-bond donors (Lipinski definition) is 2. The molecule has 0 aliphatic carbocycles. The number of nitrogens with one attached hydrogen (secondary N) is 2. The highest BCUT2D eigenvalue weighted by atomic mass is 32.2. The van der Waals surface area contributed by atoms with Crippen molar-refractivity contribution in [3.8, 4) is 0 Å². The molecule has 0 saturated carbocycles. The fourth-order valence-electron chi connectivity index (χ4n) is 3.47. The second-order valence-electron chi connectivity index (χ2n) is 8.36. The molecule has 0 fully saturated rings. The maximum absolute atomic E-state index is 12.7. The summed E-state index contributed by atoms with van der Waals surface area (Å²) in [5.74, 6) is 0.933. The third-order valence-electron chi connectivity index (χ3n) is 5.38. The number of allylic oxidation sites excluding steroid dienone is 1. The summed E-state index contributed by atoms with van der Waals surface area (Å²) in [7, 11) is 0. The molecule has 1 aromatic heterocycles. The van der Waals surface area contributed by atoms with E-state index >= 15 is 0 Å². The first-order valence-electron chi connectivity index (χ1n) is 11.2. The molecule has 0 aliphatic rings. The molecule has 3 aromatic rings. The van der Waals surface area contributed by atoms with Gasteiger partial charge in [-0.25, -0.2) is 0 Å². The lowest BCUT2D eigenvalue weighted by Gasteiger charge is -2.16. The molecule has 8 heteroatoms. The van der Waals surface area contributed by atoms with Gasteiger partial charge in [-0.1, -0.05) is 62.0 Å². The van der Waals surface area contributed by atoms with Crippen molar-refractivity contribution in [3.05, 3.63) is 83.7 Å². The van der Waals surface area contributed by atoms with Crippen molar-refractivity contribution in [1.82, 2.24) is 20.1 Å². The molecular formula is C26H31N5O2S. The fourth-order valence-corrected chi connectivity index (χ4v) is 4.23. The van der Waals surface area contributed by atoms with E-state index in [1.165, 1.54) is 17.3 Å². The van der Waals surface area contributed by atoms with E-state index in [0.29, 0.717) is 29.0 Å². The van der Waals surface area contributed by atoms with Crippen molar-refractivity contribution in [3.63, 3.8) is 0 Å². The van der Waals surface area contributed by atoms with Gasteiger partial charge in [0.2, 0.25) is 5.91 Å². The standard InChI is InChI=1S/C26H31N5O2S/c1-6-15-31-24(19(5)27-25(33)22-10-8-7-9-18(22)4)29-30-26(31)34-16-23(32)28-21-13-11-20(12-14-21)17(2)3/h6-14,17,19H,1,15-16H2,2-5H3,(H,27,33)(H,28,32). The molecule has 1 heterocycles. The van der Waals surface area contributed by atoms with E-state index in [4.69, 9.17) is 0 Å². The number of anilines is 1. The van der Waals surface area contributed by atoms with Crippen LogP contribution in [0.25, 0.3) is 0 Å². The van der Waals surface area contributed by atoms with Crippen molar-refractivity contribution in [2.24, 2.45) is 0 Å². The molecule has 0 bridgehead atoms. The zero-order valence-electron chi connectivity index (χ0n) is 20.0. The molecule has 0 aliphatic heterocycles. The van der Waals surface area contributed by atoms with Crippen molar-refractivity contribution < 1.29 is 9.59 Å². The SMILES string of the molecule is C=CCn1c(SCC(=O)Nc2ccc(C(C)C)cc2)nnc1C(C)NC(=O)c1ccccc1C. The first-order chi connectivity index (χ1) is 16.3. The molecular weight excluding hydrogens is 446 g/mol. The lowest BCUT2D eigenvalue weighted by Crippen LogP contribution is -2.29. The van der Waals surface area contributed by atoms with Crippen LogP contribution < -0.4 is 10.6 Å². The second kappa shape index (κ2) is 11.7. The number of thioether (sulfide) groups is 1. The Balaban J connectivity index is 1.64. The predicted octanol–water partition coefficient (Wildman–Crippen LogP) is 5.12. The Hall–Kier alpha value is -3.39. The van der Waals surface area contributed by atoms with Crippen molar-refractivity contribution >= 4 is 29.3 Å². The topological polar surface area (TPSA) is 88.9 Å². The third-order valence-corrected chi connectivity index (χ3v) is 6.34. The Morgan fingerprint density at radius 3 is 2.44 bits per heavy atom. The lowest BCUT2D eigenvalue weighted by atomic mass is 10.0. The highest BCUT2D eigenvalue weighted by Gasteiger charge is 2.21. The summed E-state index contributed by atoms with van der Waals surface area (Å²) in [4.78, 5) is 25.2. The number of carbonyl (C=O) groups excluding carboxylic acids is 2. The molecule has 3 rings (SSSR count). The monoisotopic (exact) mass is 477 g/mol. The fraction of sp³-hybridized carbons (Fsp3) is 0.308. The summed E-state index contributed by atoms with van der Waals surface area (Å²) in [6, 6.07) is 14.9. The number of aromatic nitrogens is 3. The minimum atomic E-state index is -0.373. The van der Waals surface area contributed by atoms with Crippen molar-refractivity contribution in [2.45, 2.75) is 51.4 Å². The lowest BCUT2D eigenvalue weighted by molar-refractivity contribution is -0.113. The van der Waals surface area contributed by atoms with E-state index in [1.54, 1.807) is 12.1 Å². The third kappa shape index (κ3) is 6.35. The second-order valence-corrected chi connectivity index (χ2v) is 9.31. The van der Waals surface area contributed by atoms with Crippen LogP contribution in [0, 0.1) is 6.92 Å². The summed E-state index contributed by atoms with van der Waals surface area (Å²) in [5.41, 5.74) is 3.51. The number of rotatable bonds is 10. The van der Waals surface area contributed by atoms with Crippen LogP contribution >= 0.6 is 11.8 Å². The van der Waals surface area contributed by atoms with E-state index in [1.807, 2.05) is 60.9 Å². The van der Waals surface area contributed by atoms with Crippen LogP contribution in [0.15, 0.2) is 66.3 Å². The first-order valence-corrected chi connectivity index (χ1v) is 12.2. The van der Waals surface area contributed by atoms with Crippen LogP contribution in [0.3, 0.4) is 0 Å². The number of aryl methyl sites for hydroxylation is 1. The van der Waals surface area contributed by atoms with Crippen LogP contribution in [0.1, 0.15) is 60.0 Å². The molecule has 0 radical (unpaired) electrons. The Morgan fingerprint density at radius 1 is 1.09 bits per heavy atom. The minimum absolute atomic E-state index is 0.127. The van der Waals surface area contributed by atoms with Gasteiger partial charge in [0, 0.05) is 17.8 Å². The zero-order valence-corrected chi connectivity index (χ0v) is 20.9. The first kappa shape index (κ1) is 25.2. The molecule has 2 aromatic carbocycles. The Labute approximate surface area is 205 Å². The van der Waals surface area contributed by atoms with Gasteiger partial charge in [-0.2, -0.15) is 0 Å². The average molecular weight is 478 g/mol. The van der Waals surface area contributed by atoms with Crippen molar-refractivity contribution in [1.29, 1.82) is 0 Å². The molecule has 0 saturated heterocycles. The minimum Gasteiger partial charge on any atom is -0.342 e. The van der Waals surface area contributed by atoms with Gasteiger partial charge in [-0.15, -0.1) is 16.8 Å². The summed E-state index contributed by atoms with van der Waals surface area (Å²) < 4.78 is 1.87. The normalized spacial score (nSPS) is 11.8. The number of nitrogens with zero attached hydrogens (tertiary/aromatic N) is 3. The van der Waals surface area contributed by atoms with Crippen LogP contribution in [0.5, 0.6) is 0 Å². The summed E-state index contributed by atoms with van der Waals surface area (Å²) in [5, 5.41) is 15.0. The molecule has 1 atom stereocenters. The van der Waals surface area contributed by atoms with Gasteiger partial charge in [0.25, 0.3) is 5.91 Å². The van der Waals surface area contributed by atoms with Gasteiger partial charge >= 0.3 is 0 Å².